The summed E-state index contributed by atoms with van der Waals surface area (Å²) in [5, 5.41) is 19.5. The van der Waals surface area contributed by atoms with E-state index in [2.05, 4.69) is 20.9 Å². The van der Waals surface area contributed by atoms with Crippen LogP contribution < -0.4 is 20.7 Å². The Hall–Kier alpha value is -3.21. The molecule has 10 nitrogen and oxygen atoms in total. The van der Waals surface area contributed by atoms with Gasteiger partial charge in [0.1, 0.15) is 24.3 Å². The van der Waals surface area contributed by atoms with Crippen molar-refractivity contribution in [2.24, 2.45) is 4.99 Å². The van der Waals surface area contributed by atoms with Crippen LogP contribution in [-0.4, -0.2) is 80.3 Å². The van der Waals surface area contributed by atoms with E-state index >= 15 is 0 Å². The molecule has 4 N–H and O–H groups in total. The maximum absolute atomic E-state index is 9.95. The normalized spacial score (nSPS) is 18.5. The predicted molar refractivity (Wildman–Crippen MR) is 131 cm³/mol. The SMILES string of the molecule is CNCC(O)COc1cccc(-c2nc(N[C@@H]3CCOC3)c(C)c(C3=CNC(OC)=NC3)n2)c1. The largest absolute Gasteiger partial charge is 0.491 e. The standard InChI is InChI=1S/C24H32N6O4/c1-15-21(17-10-26-24(32-3)27-11-17)29-23(30-22(15)28-18-7-8-33-13-18)16-5-4-6-20(9-16)34-14-19(31)12-25-2/h4-6,9-10,18-19,25,31H,7-8,11-14H2,1-3H3,(H,26,27)(H,28,29,30)/t18-,19?/m1/s1. The zero-order valence-electron chi connectivity index (χ0n) is 19.8. The minimum absolute atomic E-state index is 0.192. The summed E-state index contributed by atoms with van der Waals surface area (Å²) < 4.78 is 16.5. The second kappa shape index (κ2) is 11.3. The first kappa shape index (κ1) is 23.9. The number of hydrogen-bond donors (Lipinski definition) is 4. The Morgan fingerprint density at radius 1 is 1.32 bits per heavy atom. The highest BCUT2D eigenvalue weighted by Gasteiger charge is 2.22. The number of amidine groups is 1. The smallest absolute Gasteiger partial charge is 0.288 e. The summed E-state index contributed by atoms with van der Waals surface area (Å²) in [6.07, 6.45) is 2.21. The molecule has 10 heteroatoms. The van der Waals surface area contributed by atoms with Crippen LogP contribution in [0.2, 0.25) is 0 Å². The van der Waals surface area contributed by atoms with Crippen LogP contribution >= 0.6 is 0 Å². The van der Waals surface area contributed by atoms with Crippen molar-refractivity contribution < 1.29 is 19.3 Å². The van der Waals surface area contributed by atoms with Crippen LogP contribution in [0.25, 0.3) is 17.0 Å². The van der Waals surface area contributed by atoms with E-state index in [4.69, 9.17) is 24.2 Å². The lowest BCUT2D eigenvalue weighted by Gasteiger charge is -2.20. The summed E-state index contributed by atoms with van der Waals surface area (Å²) in [5.41, 5.74) is 3.52. The average molecular weight is 469 g/mol. The molecule has 2 aliphatic heterocycles. The topological polar surface area (TPSA) is 122 Å². The van der Waals surface area contributed by atoms with Crippen LogP contribution in [0.3, 0.4) is 0 Å². The summed E-state index contributed by atoms with van der Waals surface area (Å²) in [4.78, 5) is 14.2. The molecule has 34 heavy (non-hydrogen) atoms. The molecule has 0 bridgehead atoms. The minimum atomic E-state index is -0.594. The number of methoxy groups -OCH3 is 1. The van der Waals surface area contributed by atoms with Crippen LogP contribution in [-0.2, 0) is 9.47 Å². The van der Waals surface area contributed by atoms with E-state index in [9.17, 15) is 5.11 Å². The molecule has 3 heterocycles. The van der Waals surface area contributed by atoms with E-state index in [-0.39, 0.29) is 12.6 Å². The first-order chi connectivity index (χ1) is 16.6. The van der Waals surface area contributed by atoms with Gasteiger partial charge in [0.15, 0.2) is 5.82 Å². The molecule has 0 aliphatic carbocycles. The van der Waals surface area contributed by atoms with Gasteiger partial charge in [-0.1, -0.05) is 12.1 Å². The number of hydrogen-bond acceptors (Lipinski definition) is 10. The third-order valence-corrected chi connectivity index (χ3v) is 5.65. The van der Waals surface area contributed by atoms with Crippen molar-refractivity contribution in [1.82, 2.24) is 20.6 Å². The number of aliphatic hydroxyl groups is 1. The number of ether oxygens (including phenoxy) is 3. The molecule has 4 rings (SSSR count). The zero-order valence-corrected chi connectivity index (χ0v) is 19.8. The van der Waals surface area contributed by atoms with E-state index in [0.29, 0.717) is 37.3 Å². The quantitative estimate of drug-likeness (QED) is 0.434. The van der Waals surface area contributed by atoms with Gasteiger partial charge in [-0.3, -0.25) is 0 Å². The molecule has 2 atom stereocenters. The molecule has 1 aromatic heterocycles. The maximum atomic E-state index is 9.95. The molecule has 1 saturated heterocycles. The number of benzene rings is 1. The lowest BCUT2D eigenvalue weighted by molar-refractivity contribution is 0.108. The van der Waals surface area contributed by atoms with Crippen LogP contribution in [0.15, 0.2) is 35.5 Å². The van der Waals surface area contributed by atoms with Crippen molar-refractivity contribution in [2.75, 3.05) is 52.4 Å². The molecule has 1 fully saturated rings. The Kier molecular flexibility index (Phi) is 7.94. The highest BCUT2D eigenvalue weighted by atomic mass is 16.5. The second-order valence-electron chi connectivity index (χ2n) is 8.26. The Balaban J connectivity index is 1.65. The number of likely N-dealkylation sites (N-methyl/N-ethyl adjacent to an activating group) is 1. The van der Waals surface area contributed by atoms with E-state index in [1.807, 2.05) is 37.4 Å². The van der Waals surface area contributed by atoms with Crippen molar-refractivity contribution in [3.63, 3.8) is 0 Å². The summed E-state index contributed by atoms with van der Waals surface area (Å²) in [5.74, 6) is 1.99. The molecular weight excluding hydrogens is 436 g/mol. The van der Waals surface area contributed by atoms with Gasteiger partial charge in [0.05, 0.1) is 32.0 Å². The molecule has 0 saturated carbocycles. The van der Waals surface area contributed by atoms with Crippen molar-refractivity contribution in [2.45, 2.75) is 25.5 Å². The van der Waals surface area contributed by atoms with Gasteiger partial charge in [-0.2, -0.15) is 0 Å². The van der Waals surface area contributed by atoms with Crippen molar-refractivity contribution in [1.29, 1.82) is 0 Å². The number of aliphatic imine (C=N–C) groups is 1. The highest BCUT2D eigenvalue weighted by Crippen LogP contribution is 2.29. The fraction of sp³-hybridized carbons (Fsp3) is 0.458. The highest BCUT2D eigenvalue weighted by molar-refractivity contribution is 5.83. The molecule has 0 spiro atoms. The number of nitrogens with zero attached hydrogens (tertiary/aromatic N) is 3. The third-order valence-electron chi connectivity index (χ3n) is 5.65. The molecular formula is C24H32N6O4. The van der Waals surface area contributed by atoms with E-state index in [1.165, 1.54) is 0 Å². The maximum Gasteiger partial charge on any atom is 0.288 e. The van der Waals surface area contributed by atoms with Gasteiger partial charge >= 0.3 is 0 Å². The van der Waals surface area contributed by atoms with E-state index in [1.54, 1.807) is 14.2 Å². The summed E-state index contributed by atoms with van der Waals surface area (Å²) in [6, 6.07) is 8.26. The molecule has 1 unspecified atom stereocenters. The van der Waals surface area contributed by atoms with Crippen molar-refractivity contribution in [3.8, 4) is 17.1 Å². The van der Waals surface area contributed by atoms with Crippen molar-refractivity contribution >= 4 is 17.4 Å². The van der Waals surface area contributed by atoms with Gasteiger partial charge in [0, 0.05) is 36.1 Å². The second-order valence-corrected chi connectivity index (χ2v) is 8.26. The summed E-state index contributed by atoms with van der Waals surface area (Å²) in [7, 11) is 3.37. The van der Waals surface area contributed by atoms with Gasteiger partial charge in [-0.15, -0.1) is 0 Å². The first-order valence-corrected chi connectivity index (χ1v) is 11.4. The summed E-state index contributed by atoms with van der Waals surface area (Å²) >= 11 is 0. The number of rotatable bonds is 9. The predicted octanol–water partition coefficient (Wildman–Crippen LogP) is 1.56. The van der Waals surface area contributed by atoms with Crippen molar-refractivity contribution in [3.05, 3.63) is 41.7 Å². The average Bonchev–Trinajstić information content (AvgIpc) is 3.38. The van der Waals surface area contributed by atoms with Gasteiger partial charge in [-0.05, 0) is 32.5 Å². The van der Waals surface area contributed by atoms with E-state index in [0.717, 1.165) is 41.2 Å². The molecule has 182 valence electrons. The lowest BCUT2D eigenvalue weighted by atomic mass is 10.1. The molecule has 2 aliphatic rings. The third kappa shape index (κ3) is 5.82. The van der Waals surface area contributed by atoms with Crippen LogP contribution in [0.5, 0.6) is 5.75 Å². The van der Waals surface area contributed by atoms with Crippen LogP contribution in [0, 0.1) is 6.92 Å². The number of anilines is 1. The van der Waals surface area contributed by atoms with Gasteiger partial charge < -0.3 is 35.3 Å². The minimum Gasteiger partial charge on any atom is -0.491 e. The van der Waals surface area contributed by atoms with Gasteiger partial charge in [0.2, 0.25) is 0 Å². The Bertz CT molecular complexity index is 1050. The number of nitrogens with one attached hydrogen (secondary N) is 3. The first-order valence-electron chi connectivity index (χ1n) is 11.4. The Morgan fingerprint density at radius 3 is 2.91 bits per heavy atom. The lowest BCUT2D eigenvalue weighted by Crippen LogP contribution is -2.29. The van der Waals surface area contributed by atoms with Gasteiger partial charge in [0.25, 0.3) is 6.02 Å². The van der Waals surface area contributed by atoms with Crippen LogP contribution in [0.1, 0.15) is 17.7 Å². The zero-order chi connectivity index (χ0) is 23.9. The fourth-order valence-corrected chi connectivity index (χ4v) is 3.82. The summed E-state index contributed by atoms with van der Waals surface area (Å²) in [6.45, 7) is 4.50. The molecule has 2 aromatic rings. The molecule has 0 radical (unpaired) electrons. The monoisotopic (exact) mass is 468 g/mol. The van der Waals surface area contributed by atoms with E-state index < -0.39 is 6.10 Å². The fourth-order valence-electron chi connectivity index (χ4n) is 3.82. The molecule has 0 amide bonds. The van der Waals surface area contributed by atoms with Gasteiger partial charge in [-0.25, -0.2) is 15.0 Å². The molecule has 1 aromatic carbocycles. The number of aliphatic hydroxyl groups excluding tert-OH is 1. The van der Waals surface area contributed by atoms with Crippen LogP contribution in [0.4, 0.5) is 5.82 Å². The Morgan fingerprint density at radius 2 is 2.21 bits per heavy atom. The number of aromatic nitrogens is 2. The Labute approximate surface area is 199 Å².